The standard InChI is InChI=1S/C18H19N5O2/c1-2-3-10-25-15-6-4-14(5-7-15)18(24)22-16-11-17(21-12-20-16)23-9-8-19-13-23/h4-9,11-13H,2-3,10H2,1H3,(H,20,21,22,24). The summed E-state index contributed by atoms with van der Waals surface area (Å²) in [7, 11) is 0. The number of benzene rings is 1. The number of rotatable bonds is 7. The number of carbonyl (C=O) groups excluding carboxylic acids is 1. The van der Waals surface area contributed by atoms with Gasteiger partial charge in [-0.2, -0.15) is 0 Å². The van der Waals surface area contributed by atoms with Gasteiger partial charge >= 0.3 is 0 Å². The number of imidazole rings is 1. The Kier molecular flexibility index (Phi) is 5.36. The summed E-state index contributed by atoms with van der Waals surface area (Å²) in [5.41, 5.74) is 0.533. The van der Waals surface area contributed by atoms with E-state index >= 15 is 0 Å². The van der Waals surface area contributed by atoms with Crippen molar-refractivity contribution in [2.24, 2.45) is 0 Å². The number of aromatic nitrogens is 4. The molecule has 3 rings (SSSR count). The van der Waals surface area contributed by atoms with Crippen LogP contribution in [0.1, 0.15) is 30.1 Å². The molecular weight excluding hydrogens is 318 g/mol. The molecule has 0 saturated carbocycles. The van der Waals surface area contributed by atoms with Crippen molar-refractivity contribution in [3.8, 4) is 11.6 Å². The van der Waals surface area contributed by atoms with Gasteiger partial charge in [0.15, 0.2) is 0 Å². The molecule has 0 fully saturated rings. The largest absolute Gasteiger partial charge is 0.494 e. The van der Waals surface area contributed by atoms with E-state index in [1.807, 2.05) is 0 Å². The molecule has 1 N–H and O–H groups in total. The molecule has 1 aromatic carbocycles. The van der Waals surface area contributed by atoms with Gasteiger partial charge in [0.1, 0.15) is 30.0 Å². The minimum Gasteiger partial charge on any atom is -0.494 e. The first-order valence-corrected chi connectivity index (χ1v) is 8.11. The molecule has 0 radical (unpaired) electrons. The molecule has 0 atom stereocenters. The molecule has 0 aliphatic rings. The van der Waals surface area contributed by atoms with E-state index < -0.39 is 0 Å². The van der Waals surface area contributed by atoms with Gasteiger partial charge in [0, 0.05) is 24.0 Å². The van der Waals surface area contributed by atoms with Gasteiger partial charge in [0.25, 0.3) is 5.91 Å². The summed E-state index contributed by atoms with van der Waals surface area (Å²) in [6, 6.07) is 8.73. The first kappa shape index (κ1) is 16.6. The third kappa shape index (κ3) is 4.41. The van der Waals surface area contributed by atoms with Crippen molar-refractivity contribution in [2.75, 3.05) is 11.9 Å². The molecule has 7 nitrogen and oxygen atoms in total. The number of nitrogens with zero attached hydrogens (tertiary/aromatic N) is 4. The zero-order chi connectivity index (χ0) is 17.5. The van der Waals surface area contributed by atoms with Crippen molar-refractivity contribution in [3.05, 3.63) is 60.9 Å². The van der Waals surface area contributed by atoms with Crippen molar-refractivity contribution >= 4 is 11.7 Å². The van der Waals surface area contributed by atoms with Crippen molar-refractivity contribution in [2.45, 2.75) is 19.8 Å². The van der Waals surface area contributed by atoms with Gasteiger partial charge in [-0.1, -0.05) is 13.3 Å². The van der Waals surface area contributed by atoms with E-state index in [2.05, 4.69) is 27.2 Å². The van der Waals surface area contributed by atoms with E-state index in [-0.39, 0.29) is 5.91 Å². The number of anilines is 1. The van der Waals surface area contributed by atoms with E-state index in [1.165, 1.54) is 6.33 Å². The smallest absolute Gasteiger partial charge is 0.256 e. The monoisotopic (exact) mass is 337 g/mol. The highest BCUT2D eigenvalue weighted by Gasteiger charge is 2.08. The fraction of sp³-hybridized carbons (Fsp3) is 0.222. The average molecular weight is 337 g/mol. The van der Waals surface area contributed by atoms with Crippen molar-refractivity contribution in [3.63, 3.8) is 0 Å². The predicted molar refractivity (Wildman–Crippen MR) is 94.0 cm³/mol. The van der Waals surface area contributed by atoms with Crippen LogP contribution < -0.4 is 10.1 Å². The number of ether oxygens (including phenoxy) is 1. The van der Waals surface area contributed by atoms with Crippen LogP contribution in [0.4, 0.5) is 5.82 Å². The molecule has 0 saturated heterocycles. The Morgan fingerprint density at radius 3 is 2.80 bits per heavy atom. The summed E-state index contributed by atoms with van der Waals surface area (Å²) in [6.07, 6.45) is 8.55. The lowest BCUT2D eigenvalue weighted by atomic mass is 10.2. The lowest BCUT2D eigenvalue weighted by molar-refractivity contribution is 0.102. The first-order chi connectivity index (χ1) is 12.3. The summed E-state index contributed by atoms with van der Waals surface area (Å²) in [4.78, 5) is 24.6. The second kappa shape index (κ2) is 8.05. The number of nitrogens with one attached hydrogen (secondary N) is 1. The van der Waals surface area contributed by atoms with Crippen LogP contribution in [0, 0.1) is 0 Å². The van der Waals surface area contributed by atoms with Gasteiger partial charge in [-0.3, -0.25) is 9.36 Å². The fourth-order valence-electron chi connectivity index (χ4n) is 2.18. The average Bonchev–Trinajstić information content (AvgIpc) is 3.17. The third-order valence-electron chi connectivity index (χ3n) is 3.55. The number of hydrogen-bond donors (Lipinski definition) is 1. The highest BCUT2D eigenvalue weighted by atomic mass is 16.5. The van der Waals surface area contributed by atoms with Crippen molar-refractivity contribution in [1.82, 2.24) is 19.5 Å². The molecule has 0 spiro atoms. The maximum Gasteiger partial charge on any atom is 0.256 e. The third-order valence-corrected chi connectivity index (χ3v) is 3.55. The predicted octanol–water partition coefficient (Wildman–Crippen LogP) is 3.09. The highest BCUT2D eigenvalue weighted by Crippen LogP contribution is 2.15. The number of hydrogen-bond acceptors (Lipinski definition) is 5. The summed E-state index contributed by atoms with van der Waals surface area (Å²) in [6.45, 7) is 2.79. The van der Waals surface area contributed by atoms with Crippen LogP contribution in [0.5, 0.6) is 5.75 Å². The Labute approximate surface area is 145 Å². The molecule has 0 aliphatic carbocycles. The Morgan fingerprint density at radius 1 is 1.24 bits per heavy atom. The highest BCUT2D eigenvalue weighted by molar-refractivity contribution is 6.03. The SMILES string of the molecule is CCCCOc1ccc(C(=O)Nc2cc(-n3ccnc3)ncn2)cc1. The van der Waals surface area contributed by atoms with Crippen LogP contribution in [-0.4, -0.2) is 32.0 Å². The molecule has 25 heavy (non-hydrogen) atoms. The number of unbranched alkanes of at least 4 members (excludes halogenated alkanes) is 1. The summed E-state index contributed by atoms with van der Waals surface area (Å²) in [5.74, 6) is 1.57. The molecule has 1 amide bonds. The lowest BCUT2D eigenvalue weighted by Crippen LogP contribution is -2.13. The first-order valence-electron chi connectivity index (χ1n) is 8.11. The molecule has 7 heteroatoms. The summed E-state index contributed by atoms with van der Waals surface area (Å²) in [5, 5.41) is 2.77. The van der Waals surface area contributed by atoms with Gasteiger partial charge < -0.3 is 10.1 Å². The number of amides is 1. The van der Waals surface area contributed by atoms with Gasteiger partial charge in [0.05, 0.1) is 6.61 Å². The minimum atomic E-state index is -0.240. The van der Waals surface area contributed by atoms with Crippen LogP contribution in [0.15, 0.2) is 55.4 Å². The Hall–Kier alpha value is -3.22. The van der Waals surface area contributed by atoms with Gasteiger partial charge in [-0.25, -0.2) is 15.0 Å². The van der Waals surface area contributed by atoms with E-state index in [1.54, 1.807) is 53.6 Å². The van der Waals surface area contributed by atoms with E-state index in [0.29, 0.717) is 23.8 Å². The summed E-state index contributed by atoms with van der Waals surface area (Å²) < 4.78 is 7.33. The van der Waals surface area contributed by atoms with Gasteiger partial charge in [0.2, 0.25) is 0 Å². The molecule has 128 valence electrons. The van der Waals surface area contributed by atoms with Crippen LogP contribution in [0.25, 0.3) is 5.82 Å². The quantitative estimate of drug-likeness (QED) is 0.670. The van der Waals surface area contributed by atoms with E-state index in [4.69, 9.17) is 4.74 Å². The molecule has 0 unspecified atom stereocenters. The molecule has 2 aromatic heterocycles. The minimum absolute atomic E-state index is 0.240. The summed E-state index contributed by atoms with van der Waals surface area (Å²) >= 11 is 0. The van der Waals surface area contributed by atoms with Gasteiger partial charge in [-0.15, -0.1) is 0 Å². The zero-order valence-electron chi connectivity index (χ0n) is 13.9. The maximum atomic E-state index is 12.4. The van der Waals surface area contributed by atoms with Crippen LogP contribution in [-0.2, 0) is 0 Å². The number of carbonyl (C=O) groups is 1. The Morgan fingerprint density at radius 2 is 2.08 bits per heavy atom. The topological polar surface area (TPSA) is 81.9 Å². The Bertz CT molecular complexity index is 816. The van der Waals surface area contributed by atoms with Crippen LogP contribution in [0.3, 0.4) is 0 Å². The van der Waals surface area contributed by atoms with Crippen molar-refractivity contribution in [1.29, 1.82) is 0 Å². The van der Waals surface area contributed by atoms with Crippen molar-refractivity contribution < 1.29 is 9.53 Å². The second-order valence-electron chi connectivity index (χ2n) is 5.41. The second-order valence-corrected chi connectivity index (χ2v) is 5.41. The normalized spacial score (nSPS) is 10.4. The molecular formula is C18H19N5O2. The van der Waals surface area contributed by atoms with Gasteiger partial charge in [-0.05, 0) is 30.7 Å². The molecule has 0 aliphatic heterocycles. The maximum absolute atomic E-state index is 12.4. The fourth-order valence-corrected chi connectivity index (χ4v) is 2.18. The molecule has 3 aromatic rings. The van der Waals surface area contributed by atoms with E-state index in [0.717, 1.165) is 18.6 Å². The van der Waals surface area contributed by atoms with Crippen LogP contribution in [0.2, 0.25) is 0 Å². The molecule has 2 heterocycles. The lowest BCUT2D eigenvalue weighted by Gasteiger charge is -2.08. The molecule has 0 bridgehead atoms. The van der Waals surface area contributed by atoms with E-state index in [9.17, 15) is 4.79 Å². The Balaban J connectivity index is 1.65. The van der Waals surface area contributed by atoms with Crippen LogP contribution >= 0.6 is 0 Å². The zero-order valence-corrected chi connectivity index (χ0v) is 13.9.